The Morgan fingerprint density at radius 1 is 1.06 bits per heavy atom. The van der Waals surface area contributed by atoms with E-state index in [4.69, 9.17) is 16.3 Å². The number of para-hydroxylation sites is 1. The molecule has 8 heteroatoms. The summed E-state index contributed by atoms with van der Waals surface area (Å²) in [6.45, 7) is 6.72. The molecule has 1 aromatic heterocycles. The third-order valence-corrected chi connectivity index (χ3v) is 5.40. The van der Waals surface area contributed by atoms with Crippen LogP contribution in [0.2, 0.25) is 5.02 Å². The van der Waals surface area contributed by atoms with Gasteiger partial charge in [0.1, 0.15) is 5.75 Å². The van der Waals surface area contributed by atoms with Crippen LogP contribution in [0.3, 0.4) is 0 Å². The number of aromatic nitrogens is 2. The van der Waals surface area contributed by atoms with Crippen molar-refractivity contribution in [2.24, 2.45) is 0 Å². The van der Waals surface area contributed by atoms with Crippen LogP contribution < -0.4 is 15.4 Å². The van der Waals surface area contributed by atoms with Crippen molar-refractivity contribution < 1.29 is 14.3 Å². The van der Waals surface area contributed by atoms with Gasteiger partial charge in [-0.1, -0.05) is 37.1 Å². The number of ether oxygens (including phenoxy) is 1. The van der Waals surface area contributed by atoms with Gasteiger partial charge in [-0.25, -0.2) is 0 Å². The van der Waals surface area contributed by atoms with E-state index in [0.29, 0.717) is 27.7 Å². The fraction of sp³-hybridized carbons (Fsp3) is 0.292. The maximum atomic E-state index is 13.1. The Bertz CT molecular complexity index is 1140. The third-order valence-electron chi connectivity index (χ3n) is 5.17. The maximum absolute atomic E-state index is 13.1. The van der Waals surface area contributed by atoms with Gasteiger partial charge in [-0.05, 0) is 50.6 Å². The van der Waals surface area contributed by atoms with Crippen molar-refractivity contribution in [3.63, 3.8) is 0 Å². The van der Waals surface area contributed by atoms with Crippen LogP contribution in [-0.4, -0.2) is 28.7 Å². The molecule has 0 atom stereocenters. The lowest BCUT2D eigenvalue weighted by molar-refractivity contribution is 0.102. The molecule has 32 heavy (non-hydrogen) atoms. The summed E-state index contributed by atoms with van der Waals surface area (Å²) in [5.41, 5.74) is 3.32. The highest BCUT2D eigenvalue weighted by atomic mass is 35.5. The van der Waals surface area contributed by atoms with E-state index in [0.717, 1.165) is 30.8 Å². The lowest BCUT2D eigenvalue weighted by atomic mass is 10.1. The number of anilines is 2. The third kappa shape index (κ3) is 5.11. The van der Waals surface area contributed by atoms with Gasteiger partial charge in [-0.15, -0.1) is 0 Å². The molecule has 0 aliphatic rings. The van der Waals surface area contributed by atoms with Crippen LogP contribution in [0.25, 0.3) is 0 Å². The predicted octanol–water partition coefficient (Wildman–Crippen LogP) is 5.47. The van der Waals surface area contributed by atoms with Crippen molar-refractivity contribution in [2.45, 2.75) is 40.2 Å². The highest BCUT2D eigenvalue weighted by molar-refractivity contribution is 6.31. The Balaban J connectivity index is 1.84. The van der Waals surface area contributed by atoms with Crippen molar-refractivity contribution >= 4 is 34.8 Å². The minimum absolute atomic E-state index is 0.277. The summed E-state index contributed by atoms with van der Waals surface area (Å²) in [5, 5.41) is 10.7. The second kappa shape index (κ2) is 10.3. The molecule has 2 N–H and O–H groups in total. The monoisotopic (exact) mass is 454 g/mol. The number of nitrogens with one attached hydrogen (secondary N) is 2. The Morgan fingerprint density at radius 2 is 1.78 bits per heavy atom. The van der Waals surface area contributed by atoms with Gasteiger partial charge in [0.2, 0.25) is 0 Å². The van der Waals surface area contributed by atoms with Crippen LogP contribution in [0.5, 0.6) is 5.75 Å². The summed E-state index contributed by atoms with van der Waals surface area (Å²) < 4.78 is 7.17. The minimum Gasteiger partial charge on any atom is -0.496 e. The van der Waals surface area contributed by atoms with Gasteiger partial charge in [0.25, 0.3) is 11.8 Å². The van der Waals surface area contributed by atoms with E-state index in [1.165, 1.54) is 13.2 Å². The van der Waals surface area contributed by atoms with Gasteiger partial charge in [-0.2, -0.15) is 5.10 Å². The van der Waals surface area contributed by atoms with Gasteiger partial charge in [0, 0.05) is 11.6 Å². The smallest absolute Gasteiger partial charge is 0.259 e. The quantitative estimate of drug-likeness (QED) is 0.472. The molecular weight excluding hydrogens is 428 g/mol. The summed E-state index contributed by atoms with van der Waals surface area (Å²) in [5.74, 6) is -0.371. The molecular formula is C24H27ClN4O3. The van der Waals surface area contributed by atoms with Gasteiger partial charge in [-0.3, -0.25) is 14.3 Å². The van der Waals surface area contributed by atoms with E-state index in [9.17, 15) is 9.59 Å². The number of halogens is 1. The number of aryl methyl sites for hydroxylation is 2. The first kappa shape index (κ1) is 23.3. The molecule has 3 aromatic rings. The summed E-state index contributed by atoms with van der Waals surface area (Å²) in [7, 11) is 1.48. The highest BCUT2D eigenvalue weighted by Gasteiger charge is 2.20. The van der Waals surface area contributed by atoms with Crippen molar-refractivity contribution in [1.29, 1.82) is 0 Å². The normalized spacial score (nSPS) is 10.7. The molecule has 0 unspecified atom stereocenters. The van der Waals surface area contributed by atoms with Gasteiger partial charge >= 0.3 is 0 Å². The number of benzene rings is 2. The second-order valence-electron chi connectivity index (χ2n) is 7.42. The molecule has 0 radical (unpaired) electrons. The molecule has 168 valence electrons. The molecule has 0 aliphatic carbocycles. The Hall–Kier alpha value is -3.32. The average molecular weight is 455 g/mol. The van der Waals surface area contributed by atoms with E-state index in [1.807, 2.05) is 18.5 Å². The zero-order chi connectivity index (χ0) is 23.3. The standard InChI is InChI=1S/C24H27ClN4O3/c1-5-6-13-29-16(3)22(15(2)28-29)27-23(30)18-9-7-8-10-20(18)26-24(31)19-14-17(25)11-12-21(19)32-4/h7-12,14H,5-6,13H2,1-4H3,(H,26,31)(H,27,30). The average Bonchev–Trinajstić information content (AvgIpc) is 3.05. The zero-order valence-corrected chi connectivity index (χ0v) is 19.4. The number of carbonyl (C=O) groups excluding carboxylic acids is 2. The molecule has 1 heterocycles. The van der Waals surface area contributed by atoms with E-state index in [-0.39, 0.29) is 11.5 Å². The molecule has 0 saturated heterocycles. The molecule has 3 rings (SSSR count). The largest absolute Gasteiger partial charge is 0.496 e. The Kier molecular flexibility index (Phi) is 7.53. The molecule has 7 nitrogen and oxygen atoms in total. The maximum Gasteiger partial charge on any atom is 0.259 e. The molecule has 2 amide bonds. The van der Waals surface area contributed by atoms with Crippen molar-refractivity contribution in [3.05, 3.63) is 70.0 Å². The van der Waals surface area contributed by atoms with Crippen molar-refractivity contribution in [3.8, 4) is 5.75 Å². The van der Waals surface area contributed by atoms with Gasteiger partial charge in [0.05, 0.1) is 41.0 Å². The summed E-state index contributed by atoms with van der Waals surface area (Å²) in [6.07, 6.45) is 2.07. The molecule has 0 bridgehead atoms. The first-order valence-electron chi connectivity index (χ1n) is 10.4. The number of rotatable bonds is 8. The van der Waals surface area contributed by atoms with Crippen LogP contribution in [0, 0.1) is 13.8 Å². The van der Waals surface area contributed by atoms with E-state index < -0.39 is 5.91 Å². The molecule has 0 spiro atoms. The second-order valence-corrected chi connectivity index (χ2v) is 7.86. The number of hydrogen-bond acceptors (Lipinski definition) is 4. The molecule has 2 aromatic carbocycles. The summed E-state index contributed by atoms with van der Waals surface area (Å²) in [4.78, 5) is 26.0. The van der Waals surface area contributed by atoms with Crippen LogP contribution in [-0.2, 0) is 6.54 Å². The Labute approximate surface area is 192 Å². The van der Waals surface area contributed by atoms with Crippen molar-refractivity contribution in [1.82, 2.24) is 9.78 Å². The SMILES string of the molecule is CCCCn1nc(C)c(NC(=O)c2ccccc2NC(=O)c2cc(Cl)ccc2OC)c1C. The minimum atomic E-state index is -0.427. The van der Waals surface area contributed by atoms with E-state index in [2.05, 4.69) is 22.7 Å². The number of amides is 2. The number of hydrogen-bond donors (Lipinski definition) is 2. The van der Waals surface area contributed by atoms with E-state index in [1.54, 1.807) is 36.4 Å². The van der Waals surface area contributed by atoms with Gasteiger partial charge < -0.3 is 15.4 Å². The van der Waals surface area contributed by atoms with Crippen LogP contribution in [0.1, 0.15) is 51.9 Å². The predicted molar refractivity (Wildman–Crippen MR) is 127 cm³/mol. The van der Waals surface area contributed by atoms with E-state index >= 15 is 0 Å². The van der Waals surface area contributed by atoms with Crippen molar-refractivity contribution in [2.75, 3.05) is 17.7 Å². The summed E-state index contributed by atoms with van der Waals surface area (Å²) in [6, 6.07) is 11.6. The topological polar surface area (TPSA) is 85.3 Å². The Morgan fingerprint density at radius 3 is 2.50 bits per heavy atom. The molecule has 0 saturated carbocycles. The lowest BCUT2D eigenvalue weighted by Crippen LogP contribution is -2.19. The zero-order valence-electron chi connectivity index (χ0n) is 18.7. The fourth-order valence-corrected chi connectivity index (χ4v) is 3.59. The molecule has 0 aliphatic heterocycles. The highest BCUT2D eigenvalue weighted by Crippen LogP contribution is 2.26. The van der Waals surface area contributed by atoms with Crippen LogP contribution in [0.15, 0.2) is 42.5 Å². The first-order chi connectivity index (χ1) is 15.3. The first-order valence-corrected chi connectivity index (χ1v) is 10.8. The number of nitrogens with zero attached hydrogens (tertiary/aromatic N) is 2. The molecule has 0 fully saturated rings. The fourth-order valence-electron chi connectivity index (χ4n) is 3.42. The lowest BCUT2D eigenvalue weighted by Gasteiger charge is -2.13. The van der Waals surface area contributed by atoms with Gasteiger partial charge in [0.15, 0.2) is 0 Å². The van der Waals surface area contributed by atoms with Crippen LogP contribution in [0.4, 0.5) is 11.4 Å². The van der Waals surface area contributed by atoms with Crippen LogP contribution >= 0.6 is 11.6 Å². The summed E-state index contributed by atoms with van der Waals surface area (Å²) >= 11 is 6.05. The number of methoxy groups -OCH3 is 1. The number of unbranched alkanes of at least 4 members (excludes halogenated alkanes) is 1. The number of carbonyl (C=O) groups is 2.